The minimum atomic E-state index is -0.0571. The largest absolute Gasteiger partial charge is 0.401 e. The molecule has 3 nitrogen and oxygen atoms in total. The Balaban J connectivity index is 0.000000253. The molecule has 1 atom stereocenters. The van der Waals surface area contributed by atoms with Crippen LogP contribution in [0.2, 0.25) is 0 Å². The molecule has 0 aliphatic heterocycles. The third-order valence-corrected chi connectivity index (χ3v) is 4.21. The van der Waals surface area contributed by atoms with Crippen molar-refractivity contribution in [1.29, 1.82) is 0 Å². The van der Waals surface area contributed by atoms with Gasteiger partial charge in [-0.2, -0.15) is 0 Å². The van der Waals surface area contributed by atoms with Crippen LogP contribution in [0.25, 0.3) is 0 Å². The van der Waals surface area contributed by atoms with Crippen LogP contribution in [0, 0.1) is 11.3 Å². The lowest BCUT2D eigenvalue weighted by Crippen LogP contribution is -2.20. The van der Waals surface area contributed by atoms with Gasteiger partial charge in [0.05, 0.1) is 0 Å². The fourth-order valence-corrected chi connectivity index (χ4v) is 3.19. The van der Waals surface area contributed by atoms with E-state index in [1.165, 1.54) is 31.8 Å². The lowest BCUT2D eigenvalue weighted by Gasteiger charge is -2.33. The van der Waals surface area contributed by atoms with Gasteiger partial charge in [0.2, 0.25) is 0 Å². The summed E-state index contributed by atoms with van der Waals surface area (Å²) in [6, 6.07) is 9.07. The van der Waals surface area contributed by atoms with E-state index in [1.807, 2.05) is 18.2 Å². The maximum absolute atomic E-state index is 11.5. The minimum Gasteiger partial charge on any atom is -0.401 e. The first-order valence-corrected chi connectivity index (χ1v) is 8.54. The number of allylic oxidation sites excluding steroid dienone is 1. The minimum absolute atomic E-state index is 0.0571. The zero-order valence-electron chi connectivity index (χ0n) is 15.1. The molecule has 1 aliphatic rings. The molecule has 23 heavy (non-hydrogen) atoms. The zero-order chi connectivity index (χ0) is 17.3. The number of carbonyl (C=O) groups excluding carboxylic acids is 1. The molecular formula is C20H32N2O. The van der Waals surface area contributed by atoms with E-state index >= 15 is 0 Å². The summed E-state index contributed by atoms with van der Waals surface area (Å²) in [5.74, 6) is 0.923. The van der Waals surface area contributed by atoms with Crippen LogP contribution in [-0.4, -0.2) is 19.4 Å². The zero-order valence-corrected chi connectivity index (χ0v) is 15.1. The number of benzene rings is 1. The highest BCUT2D eigenvalue weighted by Crippen LogP contribution is 2.37. The number of ketones is 1. The van der Waals surface area contributed by atoms with Gasteiger partial charge in [-0.3, -0.25) is 4.79 Å². The van der Waals surface area contributed by atoms with Crippen molar-refractivity contribution in [2.75, 3.05) is 13.6 Å². The van der Waals surface area contributed by atoms with Crippen molar-refractivity contribution >= 4 is 5.78 Å². The van der Waals surface area contributed by atoms with Crippen molar-refractivity contribution < 1.29 is 4.79 Å². The summed E-state index contributed by atoms with van der Waals surface area (Å²) in [6.45, 7) is 7.69. The normalized spacial score (nSPS) is 20.3. The third kappa shape index (κ3) is 7.98. The fraction of sp³-hybridized carbons (Fsp3) is 0.550. The molecule has 1 saturated carbocycles. The molecule has 0 spiro atoms. The summed E-state index contributed by atoms with van der Waals surface area (Å²) in [5.41, 5.74) is 7.45. The molecule has 1 unspecified atom stereocenters. The molecule has 0 saturated heterocycles. The van der Waals surface area contributed by atoms with Crippen molar-refractivity contribution in [1.82, 2.24) is 5.32 Å². The highest BCUT2D eigenvalue weighted by Gasteiger charge is 2.24. The Hall–Kier alpha value is -1.61. The Morgan fingerprint density at radius 2 is 2.00 bits per heavy atom. The van der Waals surface area contributed by atoms with Crippen molar-refractivity contribution in [3.8, 4) is 0 Å². The van der Waals surface area contributed by atoms with Gasteiger partial charge in [-0.05, 0) is 31.2 Å². The van der Waals surface area contributed by atoms with Gasteiger partial charge in [0.1, 0.15) is 0 Å². The van der Waals surface area contributed by atoms with Crippen molar-refractivity contribution in [3.63, 3.8) is 0 Å². The molecule has 0 bridgehead atoms. The Morgan fingerprint density at radius 1 is 1.35 bits per heavy atom. The summed E-state index contributed by atoms with van der Waals surface area (Å²) in [7, 11) is 1.79. The van der Waals surface area contributed by atoms with E-state index in [4.69, 9.17) is 5.73 Å². The van der Waals surface area contributed by atoms with Crippen LogP contribution in [0.4, 0.5) is 0 Å². The van der Waals surface area contributed by atoms with Crippen molar-refractivity contribution in [2.45, 2.75) is 46.5 Å². The quantitative estimate of drug-likeness (QED) is 0.648. The molecule has 0 heterocycles. The van der Waals surface area contributed by atoms with Gasteiger partial charge in [-0.1, -0.05) is 63.9 Å². The molecule has 3 heteroatoms. The summed E-state index contributed by atoms with van der Waals surface area (Å²) in [5, 5.41) is 2.88. The van der Waals surface area contributed by atoms with Crippen LogP contribution in [0.5, 0.6) is 0 Å². The Labute approximate surface area is 141 Å². The molecule has 0 radical (unpaired) electrons. The number of likely N-dealkylation sites (N-methyl/N-ethyl adjacent to an activating group) is 1. The number of hydrogen-bond donors (Lipinski definition) is 2. The predicted molar refractivity (Wildman–Crippen MR) is 98.4 cm³/mol. The predicted octanol–water partition coefficient (Wildman–Crippen LogP) is 4.15. The van der Waals surface area contributed by atoms with E-state index in [9.17, 15) is 4.79 Å². The summed E-state index contributed by atoms with van der Waals surface area (Å²) >= 11 is 0. The topological polar surface area (TPSA) is 55.1 Å². The lowest BCUT2D eigenvalue weighted by atomic mass is 9.73. The van der Waals surface area contributed by atoms with Gasteiger partial charge in [0.25, 0.3) is 0 Å². The summed E-state index contributed by atoms with van der Waals surface area (Å²) in [4.78, 5) is 11.5. The molecule has 0 aromatic heterocycles. The third-order valence-electron chi connectivity index (χ3n) is 4.21. The van der Waals surface area contributed by atoms with Crippen LogP contribution >= 0.6 is 0 Å². The van der Waals surface area contributed by atoms with Gasteiger partial charge in [-0.15, -0.1) is 0 Å². The molecule has 128 valence electrons. The second kappa shape index (κ2) is 9.51. The molecule has 3 N–H and O–H groups in total. The first-order valence-electron chi connectivity index (χ1n) is 8.54. The average molecular weight is 316 g/mol. The smallest absolute Gasteiger partial charge is 0.187 e. The van der Waals surface area contributed by atoms with E-state index in [1.54, 1.807) is 19.2 Å². The summed E-state index contributed by atoms with van der Waals surface area (Å²) < 4.78 is 0. The van der Waals surface area contributed by atoms with Gasteiger partial charge >= 0.3 is 0 Å². The standard InChI is InChI=1S/C11H14N2O.C9H18/c1-13-8-10(12)7-11(14)9-5-3-2-4-6-9;1-8-5-4-6-9(2,3)7-8/h2-7,13H,8,12H2,1H3;8H,4-7H2,1-3H3/b10-7-;. The average Bonchev–Trinajstić information content (AvgIpc) is 2.47. The monoisotopic (exact) mass is 316 g/mol. The molecule has 1 aromatic carbocycles. The Bertz CT molecular complexity index is 506. The van der Waals surface area contributed by atoms with Crippen LogP contribution in [-0.2, 0) is 0 Å². The second-order valence-corrected chi connectivity index (χ2v) is 7.35. The van der Waals surface area contributed by atoms with Gasteiger partial charge in [0.15, 0.2) is 5.78 Å². The molecule has 1 fully saturated rings. The molecule has 1 aliphatic carbocycles. The number of hydrogen-bond acceptors (Lipinski definition) is 3. The van der Waals surface area contributed by atoms with E-state index in [0.717, 1.165) is 5.92 Å². The van der Waals surface area contributed by atoms with Crippen LogP contribution < -0.4 is 11.1 Å². The van der Waals surface area contributed by atoms with Crippen molar-refractivity contribution in [2.24, 2.45) is 17.1 Å². The van der Waals surface area contributed by atoms with Gasteiger partial charge < -0.3 is 11.1 Å². The molecule has 1 aromatic rings. The molecular weight excluding hydrogens is 284 g/mol. The second-order valence-electron chi connectivity index (χ2n) is 7.35. The first kappa shape index (κ1) is 19.4. The van der Waals surface area contributed by atoms with Crippen LogP contribution in [0.1, 0.15) is 56.8 Å². The van der Waals surface area contributed by atoms with E-state index in [0.29, 0.717) is 23.2 Å². The maximum atomic E-state index is 11.5. The maximum Gasteiger partial charge on any atom is 0.187 e. The van der Waals surface area contributed by atoms with E-state index in [-0.39, 0.29) is 5.78 Å². The first-order chi connectivity index (χ1) is 10.8. The van der Waals surface area contributed by atoms with Crippen molar-refractivity contribution in [3.05, 3.63) is 47.7 Å². The van der Waals surface area contributed by atoms with Crippen LogP contribution in [0.15, 0.2) is 42.1 Å². The van der Waals surface area contributed by atoms with E-state index in [2.05, 4.69) is 26.1 Å². The number of carbonyl (C=O) groups is 1. The van der Waals surface area contributed by atoms with Gasteiger partial charge in [0, 0.05) is 23.9 Å². The molecule has 0 amide bonds. The number of nitrogens with one attached hydrogen (secondary N) is 1. The summed E-state index contributed by atoms with van der Waals surface area (Å²) in [6.07, 6.45) is 7.24. The van der Waals surface area contributed by atoms with Gasteiger partial charge in [-0.25, -0.2) is 0 Å². The number of rotatable bonds is 4. The Kier molecular flexibility index (Phi) is 8.04. The Morgan fingerprint density at radius 3 is 2.48 bits per heavy atom. The lowest BCUT2D eigenvalue weighted by molar-refractivity contribution is 0.104. The molecule has 2 rings (SSSR count). The highest BCUT2D eigenvalue weighted by molar-refractivity contribution is 6.04. The van der Waals surface area contributed by atoms with E-state index < -0.39 is 0 Å². The highest BCUT2D eigenvalue weighted by atomic mass is 16.1. The SMILES string of the molecule is CC1CCCC(C)(C)C1.CNC/C(N)=C/C(=O)c1ccccc1. The van der Waals surface area contributed by atoms with Crippen LogP contribution in [0.3, 0.4) is 0 Å². The fourth-order valence-electron chi connectivity index (χ4n) is 3.19. The number of nitrogens with two attached hydrogens (primary N) is 1.